The van der Waals surface area contributed by atoms with Gasteiger partial charge in [-0.3, -0.25) is 4.99 Å². The van der Waals surface area contributed by atoms with Gasteiger partial charge in [-0.05, 0) is 81.4 Å². The molecule has 0 saturated carbocycles. The molecule has 6 aromatic rings. The van der Waals surface area contributed by atoms with Gasteiger partial charge in [-0.15, -0.1) is 0 Å². The van der Waals surface area contributed by atoms with Gasteiger partial charge >= 0.3 is 0 Å². The molecule has 0 amide bonds. The van der Waals surface area contributed by atoms with Crippen LogP contribution in [0.3, 0.4) is 0 Å². The maximum atomic E-state index is 15.5. The largest absolute Gasteiger partial charge is 0.263 e. The fraction of sp³-hybridized carbons (Fsp3) is 0.140. The van der Waals surface area contributed by atoms with Gasteiger partial charge in [0.25, 0.3) is 0 Å². The summed E-state index contributed by atoms with van der Waals surface area (Å²) in [4.78, 5) is 13.4. The van der Waals surface area contributed by atoms with E-state index in [-0.39, 0.29) is 50.5 Å². The number of halogens is 4. The Bertz CT molecular complexity index is 2460. The van der Waals surface area contributed by atoms with E-state index in [9.17, 15) is 0 Å². The van der Waals surface area contributed by atoms with Crippen LogP contribution >= 0.6 is 11.7 Å². The van der Waals surface area contributed by atoms with Gasteiger partial charge in [0.15, 0.2) is 0 Å². The van der Waals surface area contributed by atoms with Crippen LogP contribution in [0.5, 0.6) is 0 Å². The molecule has 0 atom stereocenters. The number of fused-ring (bicyclic) bond motifs is 1. The van der Waals surface area contributed by atoms with Gasteiger partial charge in [-0.2, -0.15) is 8.75 Å². The first-order valence-corrected chi connectivity index (χ1v) is 17.6. The van der Waals surface area contributed by atoms with Crippen molar-refractivity contribution in [2.24, 2.45) is 4.99 Å². The van der Waals surface area contributed by atoms with Gasteiger partial charge in [0.2, 0.25) is 0 Å². The summed E-state index contributed by atoms with van der Waals surface area (Å²) in [5, 5.41) is 0. The molecule has 0 aliphatic heterocycles. The number of rotatable bonds is 9. The van der Waals surface area contributed by atoms with Crippen molar-refractivity contribution < 1.29 is 17.6 Å². The Morgan fingerprint density at radius 3 is 1.94 bits per heavy atom. The van der Waals surface area contributed by atoms with Crippen LogP contribution in [0.1, 0.15) is 61.2 Å². The molecule has 0 N–H and O–H groups in total. The van der Waals surface area contributed by atoms with Crippen molar-refractivity contribution >= 4 is 51.9 Å². The molecule has 6 rings (SSSR count). The van der Waals surface area contributed by atoms with Crippen molar-refractivity contribution in [1.29, 1.82) is 0 Å². The number of nitrogens with zero attached hydrogens (tertiary/aromatic N) is 5. The summed E-state index contributed by atoms with van der Waals surface area (Å²) >= 11 is 0.914. The number of allylic oxidation sites excluding steroid dienone is 6. The standard InChI is InChI=1S/C41H31F4N5S.C2H6/c1-7-14-27(25(5)42)38-36(39(48-21-47-38)29-17-10-13-20-32(29)45)34-23(3)22(2)33(40-41(34)50-51-49-40)35(24(4)26-15-8-11-18-30(26)43)37(46-6)28-16-9-12-19-31(28)44;1-2/h7-21H,4,6H2,1-3,5H3;1-2H3/b14-7-,27-25-,37-35+;. The Morgan fingerprint density at radius 1 is 0.774 bits per heavy atom. The van der Waals surface area contributed by atoms with Gasteiger partial charge in [-0.1, -0.05) is 75.0 Å². The Hall–Kier alpha value is -5.87. The molecular weight excluding hydrogens is 695 g/mol. The second-order valence-corrected chi connectivity index (χ2v) is 12.2. The maximum Gasteiger partial charge on any atom is 0.132 e. The molecule has 0 saturated heterocycles. The zero-order chi connectivity index (χ0) is 38.4. The van der Waals surface area contributed by atoms with E-state index in [0.717, 1.165) is 11.7 Å². The average molecular weight is 732 g/mol. The van der Waals surface area contributed by atoms with Gasteiger partial charge in [0.05, 0.1) is 28.8 Å². The SMILES string of the molecule is C=N/C(=C(\C(=C)c1ccccc1F)c1c(C)c(C)c(-c2c(C(/C=C\C)=C(/C)F)ncnc2-c2ccccc2F)c2nsnc12)c1ccccc1F.CC. The van der Waals surface area contributed by atoms with Crippen molar-refractivity contribution in [1.82, 2.24) is 18.7 Å². The highest BCUT2D eigenvalue weighted by Gasteiger charge is 2.30. The number of hydrogen-bond donors (Lipinski definition) is 0. The highest BCUT2D eigenvalue weighted by atomic mass is 32.1. The van der Waals surface area contributed by atoms with Crippen LogP contribution < -0.4 is 0 Å². The van der Waals surface area contributed by atoms with Crippen LogP contribution in [0.4, 0.5) is 17.6 Å². The predicted molar refractivity (Wildman–Crippen MR) is 211 cm³/mol. The van der Waals surface area contributed by atoms with E-state index in [1.165, 1.54) is 31.5 Å². The summed E-state index contributed by atoms with van der Waals surface area (Å²) < 4.78 is 71.3. The van der Waals surface area contributed by atoms with Crippen molar-refractivity contribution in [3.8, 4) is 22.4 Å². The number of hydrogen-bond acceptors (Lipinski definition) is 6. The van der Waals surface area contributed by atoms with Gasteiger partial charge < -0.3 is 0 Å². The van der Waals surface area contributed by atoms with E-state index in [4.69, 9.17) is 8.75 Å². The van der Waals surface area contributed by atoms with Crippen molar-refractivity contribution in [3.05, 3.63) is 155 Å². The minimum Gasteiger partial charge on any atom is -0.263 e. The lowest BCUT2D eigenvalue weighted by Crippen LogP contribution is -2.06. The Labute approximate surface area is 310 Å². The summed E-state index contributed by atoms with van der Waals surface area (Å²) in [6, 6.07) is 18.4. The monoisotopic (exact) mass is 731 g/mol. The van der Waals surface area contributed by atoms with E-state index in [2.05, 4.69) is 28.3 Å². The van der Waals surface area contributed by atoms with Crippen molar-refractivity contribution in [2.45, 2.75) is 41.5 Å². The Balaban J connectivity index is 0.00000266. The zero-order valence-corrected chi connectivity index (χ0v) is 31.0. The van der Waals surface area contributed by atoms with E-state index < -0.39 is 23.3 Å². The third-order valence-electron chi connectivity index (χ3n) is 8.74. The van der Waals surface area contributed by atoms with Crippen LogP contribution in [-0.2, 0) is 0 Å². The quantitative estimate of drug-likeness (QED) is 0.0643. The van der Waals surface area contributed by atoms with Crippen LogP contribution in [0.25, 0.3) is 55.8 Å². The zero-order valence-electron chi connectivity index (χ0n) is 30.2. The minimum atomic E-state index is -0.567. The summed E-state index contributed by atoms with van der Waals surface area (Å²) in [5.74, 6) is -2.15. The number of aromatic nitrogens is 4. The minimum absolute atomic E-state index is 0.119. The van der Waals surface area contributed by atoms with Gasteiger partial charge in [0, 0.05) is 44.5 Å². The van der Waals surface area contributed by atoms with Crippen molar-refractivity contribution in [3.63, 3.8) is 0 Å². The van der Waals surface area contributed by atoms with Crippen LogP contribution in [0.15, 0.2) is 109 Å². The molecule has 53 heavy (non-hydrogen) atoms. The lowest BCUT2D eigenvalue weighted by molar-refractivity contribution is 0.624. The van der Waals surface area contributed by atoms with Gasteiger partial charge in [-0.25, -0.2) is 27.5 Å². The number of aliphatic imine (C=N–C) groups is 1. The smallest absolute Gasteiger partial charge is 0.132 e. The molecule has 4 aromatic carbocycles. The fourth-order valence-electron chi connectivity index (χ4n) is 6.27. The first-order valence-electron chi connectivity index (χ1n) is 16.9. The summed E-state index contributed by atoms with van der Waals surface area (Å²) in [5.41, 5.74) is 4.97. The third-order valence-corrected chi connectivity index (χ3v) is 9.26. The molecule has 0 radical (unpaired) electrons. The van der Waals surface area contributed by atoms with Crippen LogP contribution in [0, 0.1) is 31.3 Å². The lowest BCUT2D eigenvalue weighted by Gasteiger charge is -2.23. The second-order valence-electron chi connectivity index (χ2n) is 11.7. The van der Waals surface area contributed by atoms with Gasteiger partial charge in [0.1, 0.15) is 40.6 Å². The first kappa shape index (κ1) is 38.4. The maximum absolute atomic E-state index is 15.5. The third kappa shape index (κ3) is 7.15. The Morgan fingerprint density at radius 2 is 1.36 bits per heavy atom. The second kappa shape index (κ2) is 16.6. The van der Waals surface area contributed by atoms with E-state index in [0.29, 0.717) is 38.9 Å². The molecule has 0 fully saturated rings. The molecule has 0 aliphatic rings. The van der Waals surface area contributed by atoms with E-state index in [1.807, 2.05) is 27.7 Å². The molecule has 5 nitrogen and oxygen atoms in total. The van der Waals surface area contributed by atoms with Crippen LogP contribution in [-0.4, -0.2) is 25.4 Å². The van der Waals surface area contributed by atoms with E-state index in [1.54, 1.807) is 73.7 Å². The van der Waals surface area contributed by atoms with Crippen LogP contribution in [0.2, 0.25) is 0 Å². The number of benzene rings is 4. The molecule has 10 heteroatoms. The fourth-order valence-corrected chi connectivity index (χ4v) is 6.83. The predicted octanol–water partition coefficient (Wildman–Crippen LogP) is 12.4. The normalized spacial score (nSPS) is 12.3. The lowest BCUT2D eigenvalue weighted by atomic mass is 9.82. The Kier molecular flexibility index (Phi) is 12.0. The first-order chi connectivity index (χ1) is 25.6. The summed E-state index contributed by atoms with van der Waals surface area (Å²) in [7, 11) is 0. The summed E-state index contributed by atoms with van der Waals surface area (Å²) in [6.45, 7) is 18.8. The molecular formula is C43H37F4N5S. The molecule has 268 valence electrons. The molecule has 2 aromatic heterocycles. The molecule has 2 heterocycles. The van der Waals surface area contributed by atoms with Crippen molar-refractivity contribution in [2.75, 3.05) is 0 Å². The van der Waals surface area contributed by atoms with E-state index >= 15 is 17.6 Å². The molecule has 0 bridgehead atoms. The average Bonchev–Trinajstić information content (AvgIpc) is 3.64. The molecule has 0 aliphatic carbocycles. The highest BCUT2D eigenvalue weighted by molar-refractivity contribution is 7.00. The molecule has 0 spiro atoms. The topological polar surface area (TPSA) is 63.9 Å². The molecule has 0 unspecified atom stereocenters. The summed E-state index contributed by atoms with van der Waals surface area (Å²) in [6.07, 6.45) is 4.55. The highest BCUT2D eigenvalue weighted by Crippen LogP contribution is 2.48.